The predicted molar refractivity (Wildman–Crippen MR) is 157 cm³/mol. The van der Waals surface area contributed by atoms with Gasteiger partial charge in [0.15, 0.2) is 0 Å². The van der Waals surface area contributed by atoms with Crippen LogP contribution in [0.2, 0.25) is 0 Å². The van der Waals surface area contributed by atoms with Crippen LogP contribution in [0.1, 0.15) is 22.3 Å². The quantitative estimate of drug-likeness (QED) is 0.152. The summed E-state index contributed by atoms with van der Waals surface area (Å²) in [6.07, 6.45) is 4.01. The number of aromatic nitrogens is 1. The Labute approximate surface area is 240 Å². The Bertz CT molecular complexity index is 1400. The summed E-state index contributed by atoms with van der Waals surface area (Å²) in [5.74, 6) is -1.86. The number of amides is 1. The second kappa shape index (κ2) is 14.1. The minimum Gasteiger partial charge on any atom is -0.390 e. The third kappa shape index (κ3) is 8.77. The van der Waals surface area contributed by atoms with Gasteiger partial charge < -0.3 is 15.7 Å². The smallest absolute Gasteiger partial charge is 0.252 e. The standard InChI is InChI=1S/C31H28F2IN3O2/c32-25-13-23(14-26(33)18-25)17-29(30(38)20-36-19-22-5-4-8-27(34)15-22)37-31(39)28(24-6-2-1-3-7-24)16-21-9-11-35-12-10-21/h1-16,18,29-30,36,38H,17,19-20H2,(H,37,39)/b28-16-/t29-,30-/m0/s1. The third-order valence-corrected chi connectivity index (χ3v) is 6.75. The summed E-state index contributed by atoms with van der Waals surface area (Å²) in [6.45, 7) is 0.670. The van der Waals surface area contributed by atoms with Crippen LogP contribution in [0.25, 0.3) is 11.6 Å². The highest BCUT2D eigenvalue weighted by Crippen LogP contribution is 2.20. The van der Waals surface area contributed by atoms with E-state index in [4.69, 9.17) is 0 Å². The number of pyridine rings is 1. The fourth-order valence-electron chi connectivity index (χ4n) is 4.19. The highest BCUT2D eigenvalue weighted by Gasteiger charge is 2.24. The number of hydrogen-bond acceptors (Lipinski definition) is 4. The summed E-state index contributed by atoms with van der Waals surface area (Å²) in [5, 5.41) is 17.3. The molecule has 200 valence electrons. The average molecular weight is 639 g/mol. The van der Waals surface area contributed by atoms with Gasteiger partial charge in [-0.3, -0.25) is 9.78 Å². The maximum atomic E-state index is 13.9. The molecule has 2 atom stereocenters. The number of benzene rings is 3. The van der Waals surface area contributed by atoms with Crippen LogP contribution in [-0.4, -0.2) is 34.7 Å². The maximum absolute atomic E-state index is 13.9. The number of aliphatic hydroxyl groups is 1. The van der Waals surface area contributed by atoms with Crippen molar-refractivity contribution >= 4 is 40.1 Å². The number of rotatable bonds is 11. The van der Waals surface area contributed by atoms with Gasteiger partial charge in [-0.25, -0.2) is 8.78 Å². The van der Waals surface area contributed by atoms with Crippen LogP contribution in [0.3, 0.4) is 0 Å². The van der Waals surface area contributed by atoms with E-state index >= 15 is 0 Å². The molecule has 0 spiro atoms. The van der Waals surface area contributed by atoms with E-state index in [0.29, 0.717) is 23.2 Å². The first kappa shape index (κ1) is 28.5. The van der Waals surface area contributed by atoms with E-state index < -0.39 is 29.7 Å². The molecule has 4 aromatic rings. The van der Waals surface area contributed by atoms with Gasteiger partial charge in [0.2, 0.25) is 0 Å². The van der Waals surface area contributed by atoms with Crippen LogP contribution in [-0.2, 0) is 17.8 Å². The molecular weight excluding hydrogens is 611 g/mol. The number of nitrogens with one attached hydrogen (secondary N) is 2. The van der Waals surface area contributed by atoms with Gasteiger partial charge in [0.25, 0.3) is 5.91 Å². The summed E-state index contributed by atoms with van der Waals surface area (Å²) >= 11 is 2.24. The van der Waals surface area contributed by atoms with Gasteiger partial charge in [-0.2, -0.15) is 0 Å². The Morgan fingerprint density at radius 1 is 0.923 bits per heavy atom. The molecule has 4 rings (SSSR count). The Morgan fingerprint density at radius 2 is 1.64 bits per heavy atom. The molecule has 1 amide bonds. The van der Waals surface area contributed by atoms with E-state index in [1.165, 1.54) is 12.1 Å². The molecule has 1 aromatic heterocycles. The molecule has 39 heavy (non-hydrogen) atoms. The van der Waals surface area contributed by atoms with Crippen molar-refractivity contribution in [1.82, 2.24) is 15.6 Å². The van der Waals surface area contributed by atoms with E-state index in [9.17, 15) is 18.7 Å². The van der Waals surface area contributed by atoms with E-state index in [-0.39, 0.29) is 13.0 Å². The van der Waals surface area contributed by atoms with Crippen LogP contribution in [0.5, 0.6) is 0 Å². The Morgan fingerprint density at radius 3 is 2.33 bits per heavy atom. The molecule has 0 bridgehead atoms. The zero-order valence-corrected chi connectivity index (χ0v) is 23.2. The third-order valence-electron chi connectivity index (χ3n) is 6.08. The van der Waals surface area contributed by atoms with Crippen molar-refractivity contribution in [2.45, 2.75) is 25.1 Å². The molecule has 0 aliphatic heterocycles. The molecule has 1 heterocycles. The van der Waals surface area contributed by atoms with Crippen molar-refractivity contribution in [3.63, 3.8) is 0 Å². The fourth-order valence-corrected chi connectivity index (χ4v) is 4.80. The van der Waals surface area contributed by atoms with Crippen molar-refractivity contribution in [3.05, 3.63) is 135 Å². The van der Waals surface area contributed by atoms with Crippen LogP contribution in [0.4, 0.5) is 8.78 Å². The topological polar surface area (TPSA) is 74.2 Å². The molecule has 0 fully saturated rings. The summed E-state index contributed by atoms with van der Waals surface area (Å²) < 4.78 is 29.0. The van der Waals surface area contributed by atoms with Crippen molar-refractivity contribution in [2.24, 2.45) is 0 Å². The lowest BCUT2D eigenvalue weighted by atomic mass is 9.98. The van der Waals surface area contributed by atoms with Gasteiger partial charge in [-0.15, -0.1) is 0 Å². The number of nitrogens with zero attached hydrogens (tertiary/aromatic N) is 1. The summed E-state index contributed by atoms with van der Waals surface area (Å²) in [5.41, 5.74) is 3.23. The zero-order valence-electron chi connectivity index (χ0n) is 21.0. The van der Waals surface area contributed by atoms with E-state index in [1.54, 1.807) is 30.6 Å². The number of halogens is 3. The van der Waals surface area contributed by atoms with Crippen molar-refractivity contribution in [2.75, 3.05) is 6.54 Å². The zero-order chi connectivity index (χ0) is 27.6. The Kier molecular flexibility index (Phi) is 10.3. The monoisotopic (exact) mass is 639 g/mol. The number of carbonyl (C=O) groups excluding carboxylic acids is 1. The summed E-state index contributed by atoms with van der Waals surface area (Å²) in [6, 6.07) is 23.1. The summed E-state index contributed by atoms with van der Waals surface area (Å²) in [7, 11) is 0. The molecule has 0 saturated carbocycles. The number of hydrogen-bond donors (Lipinski definition) is 3. The fraction of sp³-hybridized carbons (Fsp3) is 0.161. The van der Waals surface area contributed by atoms with E-state index in [1.807, 2.05) is 54.6 Å². The molecule has 3 aromatic carbocycles. The first-order valence-corrected chi connectivity index (χ1v) is 13.5. The largest absolute Gasteiger partial charge is 0.390 e. The molecule has 8 heteroatoms. The minimum atomic E-state index is -1.04. The Hall–Kier alpha value is -3.47. The lowest BCUT2D eigenvalue weighted by Crippen LogP contribution is -2.48. The van der Waals surface area contributed by atoms with Crippen molar-refractivity contribution < 1.29 is 18.7 Å². The highest BCUT2D eigenvalue weighted by atomic mass is 127. The SMILES string of the molecule is O=C(N[C@@H](Cc1cc(F)cc(F)c1)[C@@H](O)CNCc1cccc(I)c1)/C(=C\c1ccncc1)c1ccccc1. The highest BCUT2D eigenvalue weighted by molar-refractivity contribution is 14.1. The van der Waals surface area contributed by atoms with Crippen LogP contribution in [0, 0.1) is 15.2 Å². The molecule has 0 radical (unpaired) electrons. The second-order valence-electron chi connectivity index (χ2n) is 9.09. The van der Waals surface area contributed by atoms with Gasteiger partial charge in [0, 0.05) is 40.7 Å². The van der Waals surface area contributed by atoms with Crippen molar-refractivity contribution in [1.29, 1.82) is 0 Å². The lowest BCUT2D eigenvalue weighted by molar-refractivity contribution is -0.117. The van der Waals surface area contributed by atoms with E-state index in [0.717, 1.165) is 20.8 Å². The molecule has 3 N–H and O–H groups in total. The van der Waals surface area contributed by atoms with Crippen LogP contribution >= 0.6 is 22.6 Å². The van der Waals surface area contributed by atoms with Gasteiger partial charge >= 0.3 is 0 Å². The molecule has 0 aliphatic carbocycles. The number of carbonyl (C=O) groups is 1. The van der Waals surface area contributed by atoms with Gasteiger partial charge in [0.1, 0.15) is 11.6 Å². The molecular formula is C31H28F2IN3O2. The Balaban J connectivity index is 1.57. The normalized spacial score (nSPS) is 13.1. The first-order chi connectivity index (χ1) is 18.9. The predicted octanol–water partition coefficient (Wildman–Crippen LogP) is 5.38. The van der Waals surface area contributed by atoms with Crippen LogP contribution in [0.15, 0.2) is 97.3 Å². The number of aliphatic hydroxyl groups excluding tert-OH is 1. The van der Waals surface area contributed by atoms with Gasteiger partial charge in [0.05, 0.1) is 12.1 Å². The van der Waals surface area contributed by atoms with E-state index in [2.05, 4.69) is 38.2 Å². The maximum Gasteiger partial charge on any atom is 0.252 e. The molecule has 0 aliphatic rings. The lowest BCUT2D eigenvalue weighted by Gasteiger charge is -2.26. The second-order valence-corrected chi connectivity index (χ2v) is 10.3. The summed E-state index contributed by atoms with van der Waals surface area (Å²) in [4.78, 5) is 17.7. The van der Waals surface area contributed by atoms with Gasteiger partial charge in [-0.1, -0.05) is 42.5 Å². The van der Waals surface area contributed by atoms with Gasteiger partial charge in [-0.05, 0) is 93.7 Å². The molecule has 5 nitrogen and oxygen atoms in total. The van der Waals surface area contributed by atoms with Crippen LogP contribution < -0.4 is 10.6 Å². The van der Waals surface area contributed by atoms with Crippen molar-refractivity contribution in [3.8, 4) is 0 Å². The average Bonchev–Trinajstić information content (AvgIpc) is 2.92. The first-order valence-electron chi connectivity index (χ1n) is 12.4. The minimum absolute atomic E-state index is 0.0316. The molecule has 0 unspecified atom stereocenters. The molecule has 0 saturated heterocycles.